The number of rotatable bonds is 4. The van der Waals surface area contributed by atoms with Crippen LogP contribution in [0.2, 0.25) is 0 Å². The second-order valence-corrected chi connectivity index (χ2v) is 13.0. The van der Waals surface area contributed by atoms with Crippen molar-refractivity contribution in [2.24, 2.45) is 5.92 Å². The third-order valence-corrected chi connectivity index (χ3v) is 9.06. The highest BCUT2D eigenvalue weighted by atomic mass is 16.5. The predicted molar refractivity (Wildman–Crippen MR) is 172 cm³/mol. The lowest BCUT2D eigenvalue weighted by molar-refractivity contribution is -0.143. The molecule has 252 valence electrons. The van der Waals surface area contributed by atoms with Crippen LogP contribution >= 0.6 is 0 Å². The van der Waals surface area contributed by atoms with Crippen molar-refractivity contribution in [2.75, 3.05) is 13.2 Å². The lowest BCUT2D eigenvalue weighted by Gasteiger charge is -2.31. The quantitative estimate of drug-likeness (QED) is 0.381. The van der Waals surface area contributed by atoms with Gasteiger partial charge in [0.25, 0.3) is 5.91 Å². The third-order valence-electron chi connectivity index (χ3n) is 9.06. The van der Waals surface area contributed by atoms with E-state index in [9.17, 15) is 24.0 Å². The van der Waals surface area contributed by atoms with Gasteiger partial charge in [-0.25, -0.2) is 9.97 Å². The molecular weight excluding hydrogens is 602 g/mol. The first kappa shape index (κ1) is 33.8. The molecule has 4 N–H and O–H groups in total. The van der Waals surface area contributed by atoms with Crippen molar-refractivity contribution < 1.29 is 28.7 Å². The lowest BCUT2D eigenvalue weighted by atomic mass is 9.95. The summed E-state index contributed by atoms with van der Waals surface area (Å²) in [5.74, 6) is -1.54. The molecule has 6 rings (SSSR count). The average molecular weight is 648 g/mol. The topological polar surface area (TPSA) is 172 Å². The fourth-order valence-corrected chi connectivity index (χ4v) is 6.41. The van der Waals surface area contributed by atoms with E-state index in [1.165, 1.54) is 10.5 Å². The molecule has 5 amide bonds. The Hall–Kier alpha value is -4.55. The van der Waals surface area contributed by atoms with Crippen LogP contribution in [0.5, 0.6) is 5.75 Å². The smallest absolute Gasteiger partial charge is 0.258 e. The number of aryl methyl sites for hydroxylation is 2. The van der Waals surface area contributed by atoms with Crippen LogP contribution in [0.1, 0.15) is 74.8 Å². The maximum atomic E-state index is 13.6. The van der Waals surface area contributed by atoms with E-state index in [2.05, 4.69) is 26.3 Å². The Morgan fingerprint density at radius 2 is 1.74 bits per heavy atom. The largest absolute Gasteiger partial charge is 0.484 e. The summed E-state index contributed by atoms with van der Waals surface area (Å²) in [6.45, 7) is 7.30. The van der Waals surface area contributed by atoms with Crippen molar-refractivity contribution in [1.82, 2.24) is 36.1 Å². The van der Waals surface area contributed by atoms with E-state index in [0.717, 1.165) is 42.6 Å². The van der Waals surface area contributed by atoms with E-state index in [0.29, 0.717) is 31.0 Å². The van der Waals surface area contributed by atoms with Gasteiger partial charge in [0.15, 0.2) is 6.61 Å². The SMILES string of the molecule is Cc1nc(CNC(=O)[C@@H]2Cc3ccc(cc3)OCC(=O)N[C@H](C(C)C)C(=O)N3CCC[C@H]3C(=O)N[C@@H](C)C(=O)N2)nc2c1CCCC2. The van der Waals surface area contributed by atoms with Crippen molar-refractivity contribution in [2.45, 2.75) is 103 Å². The fourth-order valence-electron chi connectivity index (χ4n) is 6.41. The maximum absolute atomic E-state index is 13.6. The number of carbonyl (C=O) groups is 5. The molecule has 4 heterocycles. The van der Waals surface area contributed by atoms with Crippen LogP contribution in [0.15, 0.2) is 24.3 Å². The standard InChI is InChI=1S/C34H45N7O6/c1-19(2)30-34(46)41-15-7-10-27(41)33(45)37-21(4)31(43)39-26(16-22-11-13-23(14-12-22)47-18-29(42)40-30)32(44)35-17-28-36-20(3)24-8-5-6-9-25(24)38-28/h11-14,19,21,26-27,30H,5-10,15-18H2,1-4H3,(H,35,44)(H,37,45)(H,39,43)(H,40,42)/t21-,26-,27-,30+/m0/s1. The zero-order chi connectivity index (χ0) is 33.7. The van der Waals surface area contributed by atoms with Crippen LogP contribution in [0.3, 0.4) is 0 Å². The van der Waals surface area contributed by atoms with Gasteiger partial charge in [-0.3, -0.25) is 24.0 Å². The summed E-state index contributed by atoms with van der Waals surface area (Å²) in [4.78, 5) is 77.5. The monoisotopic (exact) mass is 647 g/mol. The normalized spacial score (nSPS) is 24.1. The maximum Gasteiger partial charge on any atom is 0.258 e. The molecule has 1 saturated heterocycles. The minimum absolute atomic E-state index is 0.101. The molecule has 3 aliphatic heterocycles. The number of benzene rings is 1. The molecule has 1 aromatic heterocycles. The number of carbonyl (C=O) groups excluding carboxylic acids is 5. The summed E-state index contributed by atoms with van der Waals surface area (Å²) in [5, 5.41) is 11.2. The number of hydrogen-bond acceptors (Lipinski definition) is 8. The number of amides is 5. The van der Waals surface area contributed by atoms with Gasteiger partial charge >= 0.3 is 0 Å². The molecule has 2 bridgehead atoms. The minimum Gasteiger partial charge on any atom is -0.484 e. The van der Waals surface area contributed by atoms with E-state index in [1.54, 1.807) is 31.2 Å². The van der Waals surface area contributed by atoms with Crippen LogP contribution in [0.4, 0.5) is 0 Å². The zero-order valence-electron chi connectivity index (χ0n) is 27.6. The van der Waals surface area contributed by atoms with Crippen molar-refractivity contribution >= 4 is 29.5 Å². The molecule has 1 aliphatic carbocycles. The van der Waals surface area contributed by atoms with E-state index < -0.39 is 47.8 Å². The second-order valence-electron chi connectivity index (χ2n) is 13.0. The van der Waals surface area contributed by atoms with E-state index in [1.807, 2.05) is 20.8 Å². The van der Waals surface area contributed by atoms with Crippen molar-refractivity contribution in [3.8, 4) is 5.75 Å². The first-order valence-corrected chi connectivity index (χ1v) is 16.6. The van der Waals surface area contributed by atoms with Crippen molar-refractivity contribution in [3.63, 3.8) is 0 Å². The van der Waals surface area contributed by atoms with Gasteiger partial charge in [-0.2, -0.15) is 0 Å². The van der Waals surface area contributed by atoms with Crippen LogP contribution in [-0.2, 0) is 49.8 Å². The molecule has 47 heavy (non-hydrogen) atoms. The van der Waals surface area contributed by atoms with E-state index >= 15 is 0 Å². The molecule has 1 fully saturated rings. The van der Waals surface area contributed by atoms with Gasteiger partial charge < -0.3 is 30.9 Å². The van der Waals surface area contributed by atoms with Crippen molar-refractivity contribution in [3.05, 3.63) is 52.6 Å². The summed E-state index contributed by atoms with van der Waals surface area (Å²) in [5.41, 5.74) is 3.88. The molecular formula is C34H45N7O6. The number of ether oxygens (including phenoxy) is 1. The Balaban J connectivity index is 1.35. The van der Waals surface area contributed by atoms with Gasteiger partial charge in [-0.15, -0.1) is 0 Å². The number of nitrogens with one attached hydrogen (secondary N) is 4. The molecule has 0 radical (unpaired) electrons. The molecule has 4 aliphatic rings. The van der Waals surface area contributed by atoms with Gasteiger partial charge in [-0.1, -0.05) is 26.0 Å². The van der Waals surface area contributed by atoms with Crippen molar-refractivity contribution in [1.29, 1.82) is 0 Å². The first-order chi connectivity index (χ1) is 22.5. The molecule has 2 aromatic rings. The lowest BCUT2D eigenvalue weighted by Crippen LogP contribution is -2.58. The molecule has 0 unspecified atom stereocenters. The summed E-state index contributed by atoms with van der Waals surface area (Å²) in [6.07, 6.45) is 5.23. The van der Waals surface area contributed by atoms with Gasteiger partial charge in [0.05, 0.1) is 6.54 Å². The van der Waals surface area contributed by atoms with Crippen LogP contribution in [-0.4, -0.2) is 81.7 Å². The Labute approximate surface area is 275 Å². The summed E-state index contributed by atoms with van der Waals surface area (Å²) < 4.78 is 5.68. The van der Waals surface area contributed by atoms with Gasteiger partial charge in [-0.05, 0) is 81.5 Å². The van der Waals surface area contributed by atoms with E-state index in [-0.39, 0.29) is 31.4 Å². The molecule has 4 atom stereocenters. The minimum atomic E-state index is -0.986. The Kier molecular flexibility index (Phi) is 10.7. The van der Waals surface area contributed by atoms with Gasteiger partial charge in [0, 0.05) is 24.4 Å². The van der Waals surface area contributed by atoms with Crippen LogP contribution in [0.25, 0.3) is 0 Å². The summed E-state index contributed by atoms with van der Waals surface area (Å²) in [6, 6.07) is 3.27. The molecule has 1 aromatic carbocycles. The second kappa shape index (κ2) is 14.9. The summed E-state index contributed by atoms with van der Waals surface area (Å²) in [7, 11) is 0. The van der Waals surface area contributed by atoms with E-state index in [4.69, 9.17) is 9.72 Å². The highest BCUT2D eigenvalue weighted by Gasteiger charge is 2.39. The number of aromatic nitrogens is 2. The Morgan fingerprint density at radius 1 is 1.00 bits per heavy atom. The van der Waals surface area contributed by atoms with Gasteiger partial charge in [0.1, 0.15) is 35.7 Å². The molecule has 0 saturated carbocycles. The summed E-state index contributed by atoms with van der Waals surface area (Å²) >= 11 is 0. The van der Waals surface area contributed by atoms with Gasteiger partial charge in [0.2, 0.25) is 23.6 Å². The highest BCUT2D eigenvalue weighted by Crippen LogP contribution is 2.23. The molecule has 13 nitrogen and oxygen atoms in total. The Bertz CT molecular complexity index is 1510. The highest BCUT2D eigenvalue weighted by molar-refractivity contribution is 5.96. The number of hydrogen-bond donors (Lipinski definition) is 4. The zero-order valence-corrected chi connectivity index (χ0v) is 27.6. The van der Waals surface area contributed by atoms with Crippen LogP contribution < -0.4 is 26.0 Å². The third kappa shape index (κ3) is 8.25. The number of nitrogens with zero attached hydrogens (tertiary/aromatic N) is 3. The predicted octanol–water partition coefficient (Wildman–Crippen LogP) is 1.04. The number of fused-ring (bicyclic) bond motifs is 14. The Morgan fingerprint density at radius 3 is 2.49 bits per heavy atom. The fraction of sp³-hybridized carbons (Fsp3) is 0.559. The molecule has 13 heteroatoms. The molecule has 0 spiro atoms. The van der Waals surface area contributed by atoms with Crippen LogP contribution in [0, 0.1) is 12.8 Å². The average Bonchev–Trinajstić information content (AvgIpc) is 3.55. The first-order valence-electron chi connectivity index (χ1n) is 16.6.